The third-order valence-corrected chi connectivity index (χ3v) is 17.6. The summed E-state index contributed by atoms with van der Waals surface area (Å²) >= 11 is 0. The number of aliphatic carboxylic acids is 1. The molecule has 0 saturated carbocycles. The molecule has 0 aromatic heterocycles. The highest BCUT2D eigenvalue weighted by atomic mass is 16.4. The van der Waals surface area contributed by atoms with Gasteiger partial charge in [0.2, 0.25) is 70.9 Å². The number of aromatic hydroxyl groups is 1. The average Bonchev–Trinajstić information content (AvgIpc) is 0.864. The van der Waals surface area contributed by atoms with Gasteiger partial charge in [-0.2, -0.15) is 0 Å². The second kappa shape index (κ2) is 50.4. The molecule has 0 aliphatic heterocycles. The standard InChI is InChI=1S/C73H131N17O16/c1-39(2)35-53(66(98)79-45(13)61(93)90-60(46(14)91)72(104)86-56(38-47-27-29-48(92)30-28-47)69(101)88-58(43(9)10)71(103)85-55(37-41(5)6)68(100)89-59(44(11)12)73(105)106)84-70(102)57(42(7)8)87-67(99)54(36-40(3)4)83-65(97)52(26-18-22-34-77)82-64(96)51(25-17-21-33-76)81-63(95)50(24-16-20-32-75)80-62(94)49(78)23-15-19-31-74/h27-30,39-46,49-60,91-92H,15-26,31-38,74-78H2,1-14H3,(H,79,98)(H,80,94)(H,81,95)(H,82,96)(H,83,97)(H,84,102)(H,85,103)(H,86,104)(H,87,99)(H,88,101)(H,89,100)(H,90,93)(H,105,106)/t45-,46+,49-,50-,51-,52-,53-,54-,55-,56-,57-,58-,59-,60-/m0/s1. The number of rotatable bonds is 53. The number of unbranched alkanes of at least 4 members (excludes halogenated alkanes) is 4. The van der Waals surface area contributed by atoms with Gasteiger partial charge >= 0.3 is 5.97 Å². The highest BCUT2D eigenvalue weighted by Crippen LogP contribution is 2.18. The zero-order chi connectivity index (χ0) is 80.7. The van der Waals surface area contributed by atoms with Gasteiger partial charge in [0.1, 0.15) is 78.3 Å². The smallest absolute Gasteiger partial charge is 0.326 e. The van der Waals surface area contributed by atoms with Crippen molar-refractivity contribution in [2.24, 2.45) is 64.2 Å². The van der Waals surface area contributed by atoms with Gasteiger partial charge in [0.05, 0.1) is 12.1 Å². The maximum Gasteiger partial charge on any atom is 0.326 e. The fraction of sp³-hybridized carbons (Fsp3) is 0.740. The maximum atomic E-state index is 14.5. The van der Waals surface area contributed by atoms with E-state index in [-0.39, 0.29) is 75.0 Å². The molecule has 604 valence electrons. The molecule has 12 amide bonds. The molecule has 0 aliphatic carbocycles. The van der Waals surface area contributed by atoms with Gasteiger partial charge in [-0.15, -0.1) is 0 Å². The Morgan fingerprint density at radius 3 is 0.953 bits per heavy atom. The van der Waals surface area contributed by atoms with Crippen LogP contribution in [-0.2, 0) is 68.7 Å². The third-order valence-electron chi connectivity index (χ3n) is 17.6. The molecule has 0 bridgehead atoms. The molecule has 0 heterocycles. The molecule has 33 nitrogen and oxygen atoms in total. The van der Waals surface area contributed by atoms with Crippen molar-refractivity contribution in [3.8, 4) is 5.75 Å². The molecule has 1 aromatic rings. The quantitative estimate of drug-likeness (QED) is 0.0355. The second-order valence-corrected chi connectivity index (χ2v) is 29.9. The first kappa shape index (κ1) is 95.9. The van der Waals surface area contributed by atoms with Gasteiger partial charge < -0.3 is 108 Å². The number of hydrogen-bond donors (Lipinski definition) is 20. The van der Waals surface area contributed by atoms with Crippen molar-refractivity contribution in [2.45, 2.75) is 284 Å². The Hall–Kier alpha value is -8.11. The van der Waals surface area contributed by atoms with Gasteiger partial charge in [0.15, 0.2) is 0 Å². The number of benzene rings is 1. The predicted molar refractivity (Wildman–Crippen MR) is 402 cm³/mol. The number of carboxylic acid groups (broad SMARTS) is 1. The highest BCUT2D eigenvalue weighted by Gasteiger charge is 2.39. The lowest BCUT2D eigenvalue weighted by molar-refractivity contribution is -0.143. The molecule has 106 heavy (non-hydrogen) atoms. The number of phenols is 1. The first-order valence-electron chi connectivity index (χ1n) is 37.6. The number of nitrogens with two attached hydrogens (primary N) is 5. The van der Waals surface area contributed by atoms with Crippen molar-refractivity contribution >= 4 is 76.9 Å². The molecule has 0 saturated heterocycles. The van der Waals surface area contributed by atoms with E-state index in [4.69, 9.17) is 28.7 Å². The largest absolute Gasteiger partial charge is 0.508 e. The van der Waals surface area contributed by atoms with Gasteiger partial charge in [0.25, 0.3) is 0 Å². The molecule has 0 radical (unpaired) electrons. The van der Waals surface area contributed by atoms with Crippen molar-refractivity contribution in [2.75, 3.05) is 26.2 Å². The van der Waals surface area contributed by atoms with Crippen LogP contribution in [0.25, 0.3) is 0 Å². The fourth-order valence-electron chi connectivity index (χ4n) is 11.4. The molecule has 0 unspecified atom stereocenters. The van der Waals surface area contributed by atoms with Crippen molar-refractivity contribution in [3.05, 3.63) is 29.8 Å². The van der Waals surface area contributed by atoms with Crippen LogP contribution >= 0.6 is 0 Å². The van der Waals surface area contributed by atoms with Gasteiger partial charge in [-0.05, 0) is 183 Å². The monoisotopic (exact) mass is 1500 g/mol. The summed E-state index contributed by atoms with van der Waals surface area (Å²) in [5.74, 6) is -13.4. The molecule has 14 atom stereocenters. The summed E-state index contributed by atoms with van der Waals surface area (Å²) in [6.07, 6.45) is 3.01. The second-order valence-electron chi connectivity index (χ2n) is 29.9. The van der Waals surface area contributed by atoms with Crippen LogP contribution < -0.4 is 92.5 Å². The zero-order valence-corrected chi connectivity index (χ0v) is 65.0. The van der Waals surface area contributed by atoms with Crippen LogP contribution in [0.1, 0.15) is 199 Å². The van der Waals surface area contributed by atoms with Crippen LogP contribution in [0.3, 0.4) is 0 Å². The minimum absolute atomic E-state index is 0.0179. The Morgan fingerprint density at radius 2 is 0.613 bits per heavy atom. The lowest BCUT2D eigenvalue weighted by atomic mass is 9.98. The molecule has 1 rings (SSSR count). The fourth-order valence-corrected chi connectivity index (χ4v) is 11.4. The average molecular weight is 1500 g/mol. The summed E-state index contributed by atoms with van der Waals surface area (Å²) in [6.45, 7) is 24.3. The van der Waals surface area contributed by atoms with Gasteiger partial charge in [0, 0.05) is 6.42 Å². The van der Waals surface area contributed by atoms with E-state index in [2.05, 4.69) is 63.8 Å². The molecule has 25 N–H and O–H groups in total. The molecule has 0 fully saturated rings. The zero-order valence-electron chi connectivity index (χ0n) is 65.0. The van der Waals surface area contributed by atoms with Crippen LogP contribution in [0.2, 0.25) is 0 Å². The lowest BCUT2D eigenvalue weighted by Crippen LogP contribution is -2.62. The van der Waals surface area contributed by atoms with E-state index in [9.17, 15) is 77.6 Å². The molecule has 1 aromatic carbocycles. The summed E-state index contributed by atoms with van der Waals surface area (Å²) in [5.41, 5.74) is 29.6. The number of phenolic OH excluding ortho intramolecular Hbond substituents is 1. The third kappa shape index (κ3) is 36.5. The molecule has 33 heteroatoms. The van der Waals surface area contributed by atoms with Crippen molar-refractivity contribution < 1.29 is 77.6 Å². The summed E-state index contributed by atoms with van der Waals surface area (Å²) in [4.78, 5) is 182. The first-order chi connectivity index (χ1) is 49.7. The van der Waals surface area contributed by atoms with E-state index in [1.807, 2.05) is 13.8 Å². The van der Waals surface area contributed by atoms with Gasteiger partial charge in [-0.1, -0.05) is 102 Å². The SMILES string of the molecule is CC(C)C[C@H](NC(=O)[C@H](CCCCN)NC(=O)[C@H](CCCCN)NC(=O)[C@H](CCCCN)NC(=O)[C@@H](N)CCCCN)C(=O)N[C@H](C(=O)N[C@@H](CC(C)C)C(=O)N[C@@H](C)C(=O)N[C@H](C(=O)N[C@@H](Cc1ccc(O)cc1)C(=O)N[C@H](C(=O)N[C@@H](CC(C)C)C(=O)N[C@H](C(=O)O)C(C)C)C(C)C)[C@@H](C)O)C(C)C. The van der Waals surface area contributed by atoms with Gasteiger partial charge in [-0.25, -0.2) is 4.79 Å². The normalized spacial score (nSPS) is 15.5. The van der Waals surface area contributed by atoms with E-state index < -0.39 is 179 Å². The van der Waals surface area contributed by atoms with E-state index in [0.29, 0.717) is 83.0 Å². The van der Waals surface area contributed by atoms with E-state index >= 15 is 0 Å². The number of aliphatic hydroxyl groups excluding tert-OH is 1. The van der Waals surface area contributed by atoms with Crippen LogP contribution in [-0.4, -0.2) is 203 Å². The number of nitrogens with one attached hydrogen (secondary N) is 12. The molecular weight excluding hydrogens is 1370 g/mol. The van der Waals surface area contributed by atoms with E-state index in [0.717, 1.165) is 0 Å². The number of carbonyl (C=O) groups excluding carboxylic acids is 12. The molecule has 0 spiro atoms. The lowest BCUT2D eigenvalue weighted by Gasteiger charge is -2.30. The summed E-state index contributed by atoms with van der Waals surface area (Å²) in [6, 6.07) is -11.3. The number of carboxylic acids is 1. The molecule has 0 aliphatic rings. The Morgan fingerprint density at radius 1 is 0.330 bits per heavy atom. The van der Waals surface area contributed by atoms with E-state index in [1.165, 1.54) is 38.1 Å². The van der Waals surface area contributed by atoms with Crippen molar-refractivity contribution in [1.82, 2.24) is 63.8 Å². The number of hydrogen-bond acceptors (Lipinski definition) is 20. The minimum atomic E-state index is -1.78. The number of carbonyl (C=O) groups is 13. The maximum absolute atomic E-state index is 14.5. The van der Waals surface area contributed by atoms with Crippen LogP contribution in [0, 0.1) is 35.5 Å². The number of amides is 12. The van der Waals surface area contributed by atoms with Crippen molar-refractivity contribution in [1.29, 1.82) is 0 Å². The van der Waals surface area contributed by atoms with Crippen LogP contribution in [0.15, 0.2) is 24.3 Å². The van der Waals surface area contributed by atoms with E-state index in [1.54, 1.807) is 69.2 Å². The Labute approximate surface area is 626 Å². The van der Waals surface area contributed by atoms with Crippen LogP contribution in [0.4, 0.5) is 0 Å². The summed E-state index contributed by atoms with van der Waals surface area (Å²) < 4.78 is 0. The summed E-state index contributed by atoms with van der Waals surface area (Å²) in [5, 5.41) is 62.7. The van der Waals surface area contributed by atoms with Crippen LogP contribution in [0.5, 0.6) is 5.75 Å². The Kier molecular flexibility index (Phi) is 45.6. The minimum Gasteiger partial charge on any atom is -0.508 e. The first-order valence-corrected chi connectivity index (χ1v) is 37.6. The van der Waals surface area contributed by atoms with Gasteiger partial charge in [-0.3, -0.25) is 57.5 Å². The molecular formula is C73H131N17O16. The Balaban J connectivity index is 3.54. The topological polar surface area (TPSA) is 557 Å². The number of aliphatic hydroxyl groups is 1. The Bertz CT molecular complexity index is 2940. The van der Waals surface area contributed by atoms with Crippen molar-refractivity contribution in [3.63, 3.8) is 0 Å². The predicted octanol–water partition coefficient (Wildman–Crippen LogP) is -0.813. The summed E-state index contributed by atoms with van der Waals surface area (Å²) in [7, 11) is 0. The highest BCUT2D eigenvalue weighted by molar-refractivity contribution is 6.00.